The van der Waals surface area contributed by atoms with Crippen LogP contribution in [0.4, 0.5) is 0 Å². The third-order valence-electron chi connectivity index (χ3n) is 2.30. The maximum Gasteiger partial charge on any atom is 0.138 e. The van der Waals surface area contributed by atoms with E-state index in [1.54, 1.807) is 11.3 Å². The quantitative estimate of drug-likeness (QED) is 0.833. The largest absolute Gasteiger partial charge is 0.341 e. The van der Waals surface area contributed by atoms with Gasteiger partial charge in [0.15, 0.2) is 0 Å². The van der Waals surface area contributed by atoms with E-state index in [0.717, 1.165) is 24.6 Å². The zero-order chi connectivity index (χ0) is 10.7. The first-order chi connectivity index (χ1) is 7.31. The summed E-state index contributed by atoms with van der Waals surface area (Å²) in [7, 11) is 0. The third-order valence-corrected chi connectivity index (χ3v) is 3.17. The van der Waals surface area contributed by atoms with Crippen molar-refractivity contribution in [2.45, 2.75) is 20.4 Å². The SMILES string of the molecule is CCNCc1cnc(-c2cscc2C)[nH]1. The highest BCUT2D eigenvalue weighted by Gasteiger charge is 2.06. The number of nitrogens with zero attached hydrogens (tertiary/aromatic N) is 1. The number of nitrogens with one attached hydrogen (secondary N) is 2. The Morgan fingerprint density at radius 3 is 3.00 bits per heavy atom. The lowest BCUT2D eigenvalue weighted by atomic mass is 10.2. The molecule has 0 aliphatic heterocycles. The van der Waals surface area contributed by atoms with Gasteiger partial charge in [0.2, 0.25) is 0 Å². The van der Waals surface area contributed by atoms with E-state index >= 15 is 0 Å². The summed E-state index contributed by atoms with van der Waals surface area (Å²) < 4.78 is 0. The number of aromatic nitrogens is 2. The van der Waals surface area contributed by atoms with E-state index in [0.29, 0.717) is 0 Å². The van der Waals surface area contributed by atoms with Gasteiger partial charge >= 0.3 is 0 Å². The first-order valence-corrected chi connectivity index (χ1v) is 6.03. The summed E-state index contributed by atoms with van der Waals surface area (Å²) in [6.07, 6.45) is 1.90. The van der Waals surface area contributed by atoms with Gasteiger partial charge in [0.1, 0.15) is 5.82 Å². The predicted octanol–water partition coefficient (Wildman–Crippen LogP) is 2.56. The number of aryl methyl sites for hydroxylation is 1. The van der Waals surface area contributed by atoms with Gasteiger partial charge in [-0.3, -0.25) is 0 Å². The molecular weight excluding hydrogens is 206 g/mol. The van der Waals surface area contributed by atoms with Gasteiger partial charge in [-0.2, -0.15) is 11.3 Å². The van der Waals surface area contributed by atoms with Crippen LogP contribution in [0, 0.1) is 6.92 Å². The van der Waals surface area contributed by atoms with Gasteiger partial charge in [-0.05, 0) is 24.4 Å². The van der Waals surface area contributed by atoms with Gasteiger partial charge in [-0.15, -0.1) is 0 Å². The van der Waals surface area contributed by atoms with Crippen LogP contribution in [0.25, 0.3) is 11.4 Å². The second-order valence-electron chi connectivity index (χ2n) is 3.51. The maximum atomic E-state index is 4.38. The number of H-pyrrole nitrogens is 1. The number of rotatable bonds is 4. The Balaban J connectivity index is 2.17. The molecule has 2 aromatic rings. The number of imidazole rings is 1. The molecular formula is C11H15N3S. The molecule has 2 rings (SSSR count). The molecule has 0 aromatic carbocycles. The molecule has 4 heteroatoms. The highest BCUT2D eigenvalue weighted by atomic mass is 32.1. The first kappa shape index (κ1) is 10.4. The summed E-state index contributed by atoms with van der Waals surface area (Å²) in [6.45, 7) is 6.04. The molecule has 0 saturated heterocycles. The minimum Gasteiger partial charge on any atom is -0.341 e. The van der Waals surface area contributed by atoms with Gasteiger partial charge in [0.05, 0.1) is 0 Å². The smallest absolute Gasteiger partial charge is 0.138 e. The Morgan fingerprint density at radius 2 is 2.33 bits per heavy atom. The number of hydrogen-bond donors (Lipinski definition) is 2. The monoisotopic (exact) mass is 221 g/mol. The summed E-state index contributed by atoms with van der Waals surface area (Å²) >= 11 is 1.71. The molecule has 2 N–H and O–H groups in total. The van der Waals surface area contributed by atoms with Gasteiger partial charge in [0.25, 0.3) is 0 Å². The number of hydrogen-bond acceptors (Lipinski definition) is 3. The van der Waals surface area contributed by atoms with Crippen LogP contribution in [0.3, 0.4) is 0 Å². The van der Waals surface area contributed by atoms with Gasteiger partial charge in [-0.25, -0.2) is 4.98 Å². The van der Waals surface area contributed by atoms with E-state index in [1.165, 1.54) is 11.1 Å². The van der Waals surface area contributed by atoms with Crippen LogP contribution in [0.15, 0.2) is 17.0 Å². The van der Waals surface area contributed by atoms with E-state index in [4.69, 9.17) is 0 Å². The molecule has 0 radical (unpaired) electrons. The Labute approximate surface area is 93.6 Å². The average molecular weight is 221 g/mol. The van der Waals surface area contributed by atoms with Crippen LogP contribution >= 0.6 is 11.3 Å². The fourth-order valence-electron chi connectivity index (χ4n) is 1.45. The lowest BCUT2D eigenvalue weighted by Crippen LogP contribution is -2.11. The minimum atomic E-state index is 0.854. The van der Waals surface area contributed by atoms with E-state index in [-0.39, 0.29) is 0 Å². The molecule has 0 aliphatic rings. The molecule has 0 fully saturated rings. The normalized spacial score (nSPS) is 10.8. The molecule has 0 aliphatic carbocycles. The van der Waals surface area contributed by atoms with Crippen LogP contribution < -0.4 is 5.32 Å². The van der Waals surface area contributed by atoms with Crippen molar-refractivity contribution in [3.8, 4) is 11.4 Å². The second-order valence-corrected chi connectivity index (χ2v) is 4.25. The van der Waals surface area contributed by atoms with Gasteiger partial charge in [0, 0.05) is 29.4 Å². The van der Waals surface area contributed by atoms with Crippen molar-refractivity contribution in [1.82, 2.24) is 15.3 Å². The Hall–Kier alpha value is -1.13. The van der Waals surface area contributed by atoms with E-state index < -0.39 is 0 Å². The molecule has 0 spiro atoms. The van der Waals surface area contributed by atoms with Gasteiger partial charge < -0.3 is 10.3 Å². The topological polar surface area (TPSA) is 40.7 Å². The number of thiophene rings is 1. The van der Waals surface area contributed by atoms with Crippen LogP contribution in [-0.4, -0.2) is 16.5 Å². The van der Waals surface area contributed by atoms with E-state index in [9.17, 15) is 0 Å². The lowest BCUT2D eigenvalue weighted by molar-refractivity contribution is 0.714. The van der Waals surface area contributed by atoms with Crippen molar-refractivity contribution in [2.75, 3.05) is 6.54 Å². The summed E-state index contributed by atoms with van der Waals surface area (Å²) in [4.78, 5) is 7.71. The molecule has 0 atom stereocenters. The Bertz CT molecular complexity index is 430. The van der Waals surface area contributed by atoms with E-state index in [1.807, 2.05) is 6.20 Å². The molecule has 2 aromatic heterocycles. The van der Waals surface area contributed by atoms with Crippen LogP contribution in [0.2, 0.25) is 0 Å². The standard InChI is InChI=1S/C11H15N3S/c1-3-12-4-9-5-13-11(14-9)10-7-15-6-8(10)2/h5-7,12H,3-4H2,1-2H3,(H,13,14). The van der Waals surface area contributed by atoms with Crippen molar-refractivity contribution in [3.63, 3.8) is 0 Å². The zero-order valence-electron chi connectivity index (χ0n) is 9.00. The molecule has 3 nitrogen and oxygen atoms in total. The third kappa shape index (κ3) is 2.27. The fraction of sp³-hybridized carbons (Fsp3) is 0.364. The Morgan fingerprint density at radius 1 is 1.47 bits per heavy atom. The molecule has 0 amide bonds. The van der Waals surface area contributed by atoms with Crippen molar-refractivity contribution < 1.29 is 0 Å². The van der Waals surface area contributed by atoms with Crippen LogP contribution in [-0.2, 0) is 6.54 Å². The molecule has 0 unspecified atom stereocenters. The summed E-state index contributed by atoms with van der Waals surface area (Å²) in [5.41, 5.74) is 3.63. The van der Waals surface area contributed by atoms with Crippen molar-refractivity contribution in [3.05, 3.63) is 28.2 Å². The van der Waals surface area contributed by atoms with E-state index in [2.05, 4.69) is 39.9 Å². The fourth-order valence-corrected chi connectivity index (χ4v) is 2.28. The van der Waals surface area contributed by atoms with Crippen molar-refractivity contribution in [2.24, 2.45) is 0 Å². The molecule has 15 heavy (non-hydrogen) atoms. The predicted molar refractivity (Wildman–Crippen MR) is 64.0 cm³/mol. The van der Waals surface area contributed by atoms with Crippen molar-refractivity contribution >= 4 is 11.3 Å². The minimum absolute atomic E-state index is 0.854. The lowest BCUT2D eigenvalue weighted by Gasteiger charge is -1.97. The Kier molecular flexibility index (Phi) is 3.18. The summed E-state index contributed by atoms with van der Waals surface area (Å²) in [6, 6.07) is 0. The highest BCUT2D eigenvalue weighted by Crippen LogP contribution is 2.23. The average Bonchev–Trinajstić information content (AvgIpc) is 2.83. The zero-order valence-corrected chi connectivity index (χ0v) is 9.82. The first-order valence-electron chi connectivity index (χ1n) is 5.09. The summed E-state index contributed by atoms with van der Waals surface area (Å²) in [5, 5.41) is 7.54. The highest BCUT2D eigenvalue weighted by molar-refractivity contribution is 7.08. The molecule has 0 bridgehead atoms. The summed E-state index contributed by atoms with van der Waals surface area (Å²) in [5.74, 6) is 0.974. The molecule has 0 saturated carbocycles. The molecule has 80 valence electrons. The number of aromatic amines is 1. The van der Waals surface area contributed by atoms with Crippen LogP contribution in [0.1, 0.15) is 18.2 Å². The van der Waals surface area contributed by atoms with Crippen LogP contribution in [0.5, 0.6) is 0 Å². The molecule has 2 heterocycles. The maximum absolute atomic E-state index is 4.38. The van der Waals surface area contributed by atoms with Crippen molar-refractivity contribution in [1.29, 1.82) is 0 Å². The van der Waals surface area contributed by atoms with Gasteiger partial charge in [-0.1, -0.05) is 6.92 Å². The second kappa shape index (κ2) is 4.59.